The summed E-state index contributed by atoms with van der Waals surface area (Å²) in [4.78, 5) is 29.1. The molecule has 2 heterocycles. The van der Waals surface area contributed by atoms with Gasteiger partial charge < -0.3 is 19.9 Å². The number of piperidine rings is 1. The molecule has 0 atom stereocenters. The highest BCUT2D eigenvalue weighted by Gasteiger charge is 2.47. The smallest absolute Gasteiger partial charge is 0.317 e. The molecule has 2 fully saturated rings. The van der Waals surface area contributed by atoms with Gasteiger partial charge in [0.25, 0.3) is 5.91 Å². The zero-order chi connectivity index (χ0) is 19.3. The maximum absolute atomic E-state index is 13.1. The lowest BCUT2D eigenvalue weighted by atomic mass is 10.0. The van der Waals surface area contributed by atoms with E-state index < -0.39 is 0 Å². The highest BCUT2D eigenvalue weighted by atomic mass is 32.2. The van der Waals surface area contributed by atoms with E-state index in [4.69, 9.17) is 4.74 Å². The Labute approximate surface area is 165 Å². The van der Waals surface area contributed by atoms with Gasteiger partial charge in [-0.05, 0) is 37.5 Å². The molecule has 0 unspecified atom stereocenters. The minimum absolute atomic E-state index is 0.0203. The lowest BCUT2D eigenvalue weighted by molar-refractivity contribution is 0.0580. The van der Waals surface area contributed by atoms with Gasteiger partial charge in [0.05, 0.1) is 12.0 Å². The lowest BCUT2D eigenvalue weighted by Gasteiger charge is -2.44. The fraction of sp³-hybridized carbons (Fsp3) is 0.600. The number of likely N-dealkylation sites (tertiary alicyclic amines) is 1. The van der Waals surface area contributed by atoms with Crippen molar-refractivity contribution in [2.75, 3.05) is 39.0 Å². The third-order valence-corrected chi connectivity index (χ3v) is 6.93. The van der Waals surface area contributed by atoms with E-state index in [1.165, 1.54) is 0 Å². The highest BCUT2D eigenvalue weighted by molar-refractivity contribution is 8.00. The van der Waals surface area contributed by atoms with Gasteiger partial charge in [-0.15, -0.1) is 11.8 Å². The van der Waals surface area contributed by atoms with E-state index in [0.29, 0.717) is 24.4 Å². The Balaban J connectivity index is 1.64. The summed E-state index contributed by atoms with van der Waals surface area (Å²) in [5.41, 5.74) is 0.663. The number of benzene rings is 1. The van der Waals surface area contributed by atoms with E-state index >= 15 is 0 Å². The van der Waals surface area contributed by atoms with Gasteiger partial charge in [0.15, 0.2) is 0 Å². The number of hydrogen-bond acceptors (Lipinski definition) is 4. The number of unbranched alkanes of at least 4 members (excludes halogenated alkanes) is 1. The molecule has 7 heteroatoms. The standard InChI is InChI=1S/C20H29N3O3S/c1-3-4-10-21-19(25)22-11-8-20(9-12-22)23(13-14-27-20)18(24)16-6-5-7-17(15-16)26-2/h5-7,15H,3-4,8-14H2,1-2H3,(H,21,25). The SMILES string of the molecule is CCCCNC(=O)N1CCC2(CC1)SCCN2C(=O)c1cccc(OC)c1. The highest BCUT2D eigenvalue weighted by Crippen LogP contribution is 2.44. The van der Waals surface area contributed by atoms with Crippen molar-refractivity contribution in [2.45, 2.75) is 37.5 Å². The van der Waals surface area contributed by atoms with Gasteiger partial charge in [-0.3, -0.25) is 4.79 Å². The molecule has 0 saturated carbocycles. The fourth-order valence-electron chi connectivity index (χ4n) is 3.76. The van der Waals surface area contributed by atoms with Crippen LogP contribution in [0.5, 0.6) is 5.75 Å². The molecule has 2 aliphatic rings. The number of carbonyl (C=O) groups excluding carboxylic acids is 2. The number of hydrogen-bond donors (Lipinski definition) is 1. The van der Waals surface area contributed by atoms with Crippen molar-refractivity contribution in [3.8, 4) is 5.75 Å². The number of thioether (sulfide) groups is 1. The van der Waals surface area contributed by atoms with Gasteiger partial charge >= 0.3 is 6.03 Å². The summed E-state index contributed by atoms with van der Waals surface area (Å²) in [6.45, 7) is 4.97. The molecular formula is C20H29N3O3S. The minimum atomic E-state index is -0.194. The summed E-state index contributed by atoms with van der Waals surface area (Å²) < 4.78 is 5.26. The second-order valence-electron chi connectivity index (χ2n) is 7.06. The monoisotopic (exact) mass is 391 g/mol. The first-order valence-corrected chi connectivity index (χ1v) is 10.7. The molecule has 148 valence electrons. The number of carbonyl (C=O) groups is 2. The Hall–Kier alpha value is -1.89. The predicted octanol–water partition coefficient (Wildman–Crippen LogP) is 3.19. The van der Waals surface area contributed by atoms with Crippen LogP contribution in [0, 0.1) is 0 Å². The maximum atomic E-state index is 13.1. The van der Waals surface area contributed by atoms with E-state index in [-0.39, 0.29) is 16.8 Å². The molecule has 0 aromatic heterocycles. The van der Waals surface area contributed by atoms with E-state index in [1.54, 1.807) is 13.2 Å². The van der Waals surface area contributed by atoms with Crippen molar-refractivity contribution in [3.05, 3.63) is 29.8 Å². The van der Waals surface area contributed by atoms with Crippen LogP contribution in [0.3, 0.4) is 0 Å². The van der Waals surface area contributed by atoms with Crippen LogP contribution in [0.1, 0.15) is 43.0 Å². The van der Waals surface area contributed by atoms with Crippen LogP contribution in [-0.2, 0) is 0 Å². The topological polar surface area (TPSA) is 61.9 Å². The van der Waals surface area contributed by atoms with Crippen LogP contribution >= 0.6 is 11.8 Å². The molecule has 6 nitrogen and oxygen atoms in total. The molecule has 1 N–H and O–H groups in total. The van der Waals surface area contributed by atoms with E-state index in [0.717, 1.165) is 44.5 Å². The van der Waals surface area contributed by atoms with Crippen LogP contribution in [0.2, 0.25) is 0 Å². The summed E-state index contributed by atoms with van der Waals surface area (Å²) >= 11 is 1.86. The number of amides is 3. The largest absolute Gasteiger partial charge is 0.497 e. The lowest BCUT2D eigenvalue weighted by Crippen LogP contribution is -2.55. The first kappa shape index (κ1) is 19.9. The molecule has 3 rings (SSSR count). The number of urea groups is 1. The number of nitrogens with one attached hydrogen (secondary N) is 1. The summed E-state index contributed by atoms with van der Waals surface area (Å²) in [6.07, 6.45) is 3.70. The van der Waals surface area contributed by atoms with Crippen molar-refractivity contribution >= 4 is 23.7 Å². The molecule has 27 heavy (non-hydrogen) atoms. The van der Waals surface area contributed by atoms with Crippen molar-refractivity contribution in [1.82, 2.24) is 15.1 Å². The van der Waals surface area contributed by atoms with Gasteiger partial charge in [0.2, 0.25) is 0 Å². The van der Waals surface area contributed by atoms with Gasteiger partial charge in [-0.25, -0.2) is 4.79 Å². The summed E-state index contributed by atoms with van der Waals surface area (Å²) in [6, 6.07) is 7.37. The zero-order valence-corrected chi connectivity index (χ0v) is 17.0. The number of rotatable bonds is 5. The van der Waals surface area contributed by atoms with Crippen LogP contribution < -0.4 is 10.1 Å². The molecule has 1 spiro atoms. The normalized spacial score (nSPS) is 18.6. The zero-order valence-electron chi connectivity index (χ0n) is 16.2. The van der Waals surface area contributed by atoms with Crippen LogP contribution in [0.25, 0.3) is 0 Å². The Bertz CT molecular complexity index is 674. The molecule has 0 bridgehead atoms. The number of ether oxygens (including phenoxy) is 1. The maximum Gasteiger partial charge on any atom is 0.317 e. The van der Waals surface area contributed by atoms with Crippen molar-refractivity contribution < 1.29 is 14.3 Å². The van der Waals surface area contributed by atoms with Crippen molar-refractivity contribution in [2.24, 2.45) is 0 Å². The first-order chi connectivity index (χ1) is 13.1. The Morgan fingerprint density at radius 3 is 2.74 bits per heavy atom. The summed E-state index contributed by atoms with van der Waals surface area (Å²) in [7, 11) is 1.61. The molecule has 0 aliphatic carbocycles. The second kappa shape index (κ2) is 8.87. The average molecular weight is 392 g/mol. The van der Waals surface area contributed by atoms with Gasteiger partial charge in [0.1, 0.15) is 5.75 Å². The quantitative estimate of drug-likeness (QED) is 0.783. The number of nitrogens with zero attached hydrogens (tertiary/aromatic N) is 2. The molecule has 1 aromatic carbocycles. The molecule has 2 saturated heterocycles. The van der Waals surface area contributed by atoms with Gasteiger partial charge in [-0.1, -0.05) is 19.4 Å². The second-order valence-corrected chi connectivity index (χ2v) is 8.51. The van der Waals surface area contributed by atoms with Gasteiger partial charge in [0, 0.05) is 37.5 Å². The van der Waals surface area contributed by atoms with Crippen molar-refractivity contribution in [3.63, 3.8) is 0 Å². The van der Waals surface area contributed by atoms with Crippen LogP contribution in [0.4, 0.5) is 4.79 Å². The molecular weight excluding hydrogens is 362 g/mol. The molecule has 1 aromatic rings. The van der Waals surface area contributed by atoms with E-state index in [2.05, 4.69) is 12.2 Å². The first-order valence-electron chi connectivity index (χ1n) is 9.72. The van der Waals surface area contributed by atoms with E-state index in [1.807, 2.05) is 39.8 Å². The van der Waals surface area contributed by atoms with Gasteiger partial charge in [-0.2, -0.15) is 0 Å². The Morgan fingerprint density at radius 1 is 1.26 bits per heavy atom. The summed E-state index contributed by atoms with van der Waals surface area (Å²) in [5.74, 6) is 1.69. The average Bonchev–Trinajstić information content (AvgIpc) is 3.11. The third-order valence-electron chi connectivity index (χ3n) is 5.38. The number of methoxy groups -OCH3 is 1. The Kier molecular flexibility index (Phi) is 6.52. The van der Waals surface area contributed by atoms with E-state index in [9.17, 15) is 9.59 Å². The molecule has 0 radical (unpaired) electrons. The van der Waals surface area contributed by atoms with Crippen LogP contribution in [0.15, 0.2) is 24.3 Å². The molecule has 2 aliphatic heterocycles. The molecule has 3 amide bonds. The fourth-order valence-corrected chi connectivity index (χ4v) is 5.22. The van der Waals surface area contributed by atoms with Crippen molar-refractivity contribution in [1.29, 1.82) is 0 Å². The minimum Gasteiger partial charge on any atom is -0.497 e. The third kappa shape index (κ3) is 4.34. The summed E-state index contributed by atoms with van der Waals surface area (Å²) in [5, 5.41) is 2.99. The predicted molar refractivity (Wildman–Crippen MR) is 108 cm³/mol. The Morgan fingerprint density at radius 2 is 2.04 bits per heavy atom. The van der Waals surface area contributed by atoms with Crippen LogP contribution in [-0.4, -0.2) is 65.7 Å².